The average Bonchev–Trinajstić information content (AvgIpc) is 2.72. The average molecular weight is 416 g/mol. The summed E-state index contributed by atoms with van der Waals surface area (Å²) in [5.41, 5.74) is 3.14. The van der Waals surface area contributed by atoms with Gasteiger partial charge in [-0.25, -0.2) is 0 Å². The van der Waals surface area contributed by atoms with E-state index in [0.29, 0.717) is 19.4 Å². The molecule has 1 N–H and O–H groups in total. The van der Waals surface area contributed by atoms with Gasteiger partial charge in [0.05, 0.1) is 12.0 Å². The Kier molecular flexibility index (Phi) is 6.72. The van der Waals surface area contributed by atoms with Crippen molar-refractivity contribution in [1.29, 1.82) is 0 Å². The first-order valence-corrected chi connectivity index (χ1v) is 11.3. The summed E-state index contributed by atoms with van der Waals surface area (Å²) in [4.78, 5) is 13.1. The summed E-state index contributed by atoms with van der Waals surface area (Å²) >= 11 is 0. The van der Waals surface area contributed by atoms with Gasteiger partial charge in [-0.05, 0) is 30.9 Å². The molecular formula is C22H29N3O3S. The number of aryl methyl sites for hydroxylation is 1. The van der Waals surface area contributed by atoms with Crippen LogP contribution >= 0.6 is 0 Å². The number of piperidine rings is 1. The van der Waals surface area contributed by atoms with Crippen LogP contribution in [0.1, 0.15) is 35.6 Å². The molecule has 2 aromatic rings. The maximum atomic E-state index is 13.1. The molecule has 7 heteroatoms. The first kappa shape index (κ1) is 21.5. The lowest BCUT2D eigenvalue weighted by atomic mass is 9.94. The summed E-state index contributed by atoms with van der Waals surface area (Å²) in [5, 5.41) is 3.17. The molecule has 0 radical (unpaired) electrons. The monoisotopic (exact) mass is 415 g/mol. The van der Waals surface area contributed by atoms with Gasteiger partial charge in [-0.3, -0.25) is 4.79 Å². The zero-order valence-electron chi connectivity index (χ0n) is 17.2. The minimum atomic E-state index is -3.52. The van der Waals surface area contributed by atoms with E-state index >= 15 is 0 Å². The van der Waals surface area contributed by atoms with Gasteiger partial charge < -0.3 is 5.32 Å². The molecule has 0 saturated carbocycles. The zero-order chi connectivity index (χ0) is 21.0. The highest BCUT2D eigenvalue weighted by atomic mass is 32.2. The molecule has 156 valence electrons. The van der Waals surface area contributed by atoms with E-state index in [1.807, 2.05) is 55.5 Å². The number of nitrogens with one attached hydrogen (secondary N) is 1. The number of hydrogen-bond donors (Lipinski definition) is 1. The van der Waals surface area contributed by atoms with Gasteiger partial charge in [0.15, 0.2) is 0 Å². The van der Waals surface area contributed by atoms with Crippen molar-refractivity contribution in [2.45, 2.75) is 25.8 Å². The predicted octanol–water partition coefficient (Wildman–Crippen LogP) is 2.72. The SMILES string of the molecule is Cc1cccc([C@@H](NC(=O)[C@H]2CCCN(S(=O)(=O)N(C)C)C2)c2ccccc2)c1. The lowest BCUT2D eigenvalue weighted by molar-refractivity contribution is -0.126. The van der Waals surface area contributed by atoms with Crippen LogP contribution in [-0.2, 0) is 15.0 Å². The number of rotatable bonds is 6. The molecule has 29 heavy (non-hydrogen) atoms. The van der Waals surface area contributed by atoms with Gasteiger partial charge in [0.25, 0.3) is 10.2 Å². The van der Waals surface area contributed by atoms with Gasteiger partial charge in [-0.2, -0.15) is 17.0 Å². The van der Waals surface area contributed by atoms with Crippen LogP contribution < -0.4 is 5.32 Å². The van der Waals surface area contributed by atoms with E-state index in [4.69, 9.17) is 0 Å². The Balaban J connectivity index is 1.82. The summed E-state index contributed by atoms with van der Waals surface area (Å²) in [5.74, 6) is -0.478. The summed E-state index contributed by atoms with van der Waals surface area (Å²) in [6, 6.07) is 17.7. The quantitative estimate of drug-likeness (QED) is 0.789. The molecular weight excluding hydrogens is 386 g/mol. The highest BCUT2D eigenvalue weighted by molar-refractivity contribution is 7.86. The van der Waals surface area contributed by atoms with E-state index in [1.54, 1.807) is 0 Å². The number of carbonyl (C=O) groups excluding carboxylic acids is 1. The minimum Gasteiger partial charge on any atom is -0.345 e. The first-order chi connectivity index (χ1) is 13.8. The molecule has 0 bridgehead atoms. The van der Waals surface area contributed by atoms with E-state index < -0.39 is 10.2 Å². The summed E-state index contributed by atoms with van der Waals surface area (Å²) < 4.78 is 27.6. The van der Waals surface area contributed by atoms with E-state index in [2.05, 4.69) is 11.4 Å². The highest BCUT2D eigenvalue weighted by Gasteiger charge is 2.34. The summed E-state index contributed by atoms with van der Waals surface area (Å²) in [6.07, 6.45) is 1.35. The molecule has 1 fully saturated rings. The molecule has 6 nitrogen and oxygen atoms in total. The van der Waals surface area contributed by atoms with E-state index in [9.17, 15) is 13.2 Å². The molecule has 1 aliphatic rings. The second-order valence-electron chi connectivity index (χ2n) is 7.75. The van der Waals surface area contributed by atoms with Crippen molar-refractivity contribution < 1.29 is 13.2 Å². The van der Waals surface area contributed by atoms with Crippen LogP contribution in [0.25, 0.3) is 0 Å². The summed E-state index contributed by atoms with van der Waals surface area (Å²) in [7, 11) is -0.486. The predicted molar refractivity (Wildman–Crippen MR) is 115 cm³/mol. The highest BCUT2D eigenvalue weighted by Crippen LogP contribution is 2.26. The largest absolute Gasteiger partial charge is 0.345 e. The van der Waals surface area contributed by atoms with Crippen molar-refractivity contribution in [2.24, 2.45) is 5.92 Å². The fraction of sp³-hybridized carbons (Fsp3) is 0.409. The number of benzene rings is 2. The molecule has 2 aromatic carbocycles. The number of amides is 1. The standard InChI is InChI=1S/C22H29N3O3S/c1-17-9-7-12-19(15-17)21(18-10-5-4-6-11-18)23-22(26)20-13-8-14-25(16-20)29(27,28)24(2)3/h4-7,9-12,15,20-21H,8,13-14,16H2,1-3H3,(H,23,26)/t20-,21-/m0/s1. The lowest BCUT2D eigenvalue weighted by Crippen LogP contribution is -2.49. The minimum absolute atomic E-state index is 0.112. The van der Waals surface area contributed by atoms with Crippen LogP contribution in [0.15, 0.2) is 54.6 Å². The third-order valence-corrected chi connectivity index (χ3v) is 7.24. The van der Waals surface area contributed by atoms with Crippen LogP contribution in [0.5, 0.6) is 0 Å². The maximum Gasteiger partial charge on any atom is 0.281 e. The molecule has 0 unspecified atom stereocenters. The van der Waals surface area contributed by atoms with Gasteiger partial charge in [0.1, 0.15) is 0 Å². The Morgan fingerprint density at radius 3 is 2.45 bits per heavy atom. The van der Waals surface area contributed by atoms with Gasteiger partial charge in [-0.1, -0.05) is 60.2 Å². The molecule has 1 saturated heterocycles. The second kappa shape index (κ2) is 9.07. The van der Waals surface area contributed by atoms with Gasteiger partial charge in [0.2, 0.25) is 5.91 Å². The van der Waals surface area contributed by atoms with Crippen molar-refractivity contribution in [3.05, 3.63) is 71.3 Å². The van der Waals surface area contributed by atoms with Crippen LogP contribution in [0.2, 0.25) is 0 Å². The molecule has 1 heterocycles. The van der Waals surface area contributed by atoms with Gasteiger partial charge >= 0.3 is 0 Å². The number of hydrogen-bond acceptors (Lipinski definition) is 3. The molecule has 0 spiro atoms. The molecule has 2 atom stereocenters. The lowest BCUT2D eigenvalue weighted by Gasteiger charge is -2.33. The smallest absolute Gasteiger partial charge is 0.281 e. The maximum absolute atomic E-state index is 13.1. The Bertz CT molecular complexity index is 945. The number of carbonyl (C=O) groups is 1. The third-order valence-electron chi connectivity index (χ3n) is 5.34. The topological polar surface area (TPSA) is 69.7 Å². The summed E-state index contributed by atoms with van der Waals surface area (Å²) in [6.45, 7) is 2.68. The first-order valence-electron chi connectivity index (χ1n) is 9.88. The van der Waals surface area contributed by atoms with Crippen molar-refractivity contribution in [2.75, 3.05) is 27.2 Å². The number of nitrogens with zero attached hydrogens (tertiary/aromatic N) is 2. The van der Waals surface area contributed by atoms with Crippen LogP contribution in [0, 0.1) is 12.8 Å². The van der Waals surface area contributed by atoms with Gasteiger partial charge in [-0.15, -0.1) is 0 Å². The zero-order valence-corrected chi connectivity index (χ0v) is 18.0. The molecule has 1 amide bonds. The van der Waals surface area contributed by atoms with Crippen LogP contribution in [0.3, 0.4) is 0 Å². The molecule has 3 rings (SSSR count). The molecule has 0 aromatic heterocycles. The third kappa shape index (κ3) is 5.04. The molecule has 1 aliphatic heterocycles. The second-order valence-corrected chi connectivity index (χ2v) is 9.90. The Morgan fingerprint density at radius 2 is 1.79 bits per heavy atom. The van der Waals surface area contributed by atoms with Crippen LogP contribution in [-0.4, -0.2) is 50.1 Å². The van der Waals surface area contributed by atoms with Crippen molar-refractivity contribution in [3.63, 3.8) is 0 Å². The Labute approximate surface area is 173 Å². The van der Waals surface area contributed by atoms with Crippen LogP contribution in [0.4, 0.5) is 0 Å². The Morgan fingerprint density at radius 1 is 1.10 bits per heavy atom. The van der Waals surface area contributed by atoms with Crippen molar-refractivity contribution in [3.8, 4) is 0 Å². The van der Waals surface area contributed by atoms with Gasteiger partial charge in [0, 0.05) is 27.2 Å². The normalized spacial score (nSPS) is 19.1. The van der Waals surface area contributed by atoms with Crippen molar-refractivity contribution >= 4 is 16.1 Å². The fourth-order valence-electron chi connectivity index (χ4n) is 3.71. The van der Waals surface area contributed by atoms with Crippen molar-refractivity contribution in [1.82, 2.24) is 13.9 Å². The molecule has 0 aliphatic carbocycles. The Hall–Kier alpha value is -2.22. The van der Waals surface area contributed by atoms with E-state index in [0.717, 1.165) is 16.7 Å². The van der Waals surface area contributed by atoms with E-state index in [-0.39, 0.29) is 24.4 Å². The van der Waals surface area contributed by atoms with E-state index in [1.165, 1.54) is 22.7 Å². The fourth-order valence-corrected chi connectivity index (χ4v) is 4.90.